The smallest absolute Gasteiger partial charge is 0.410 e. The van der Waals surface area contributed by atoms with E-state index in [0.717, 1.165) is 22.5 Å². The van der Waals surface area contributed by atoms with Crippen molar-refractivity contribution in [3.63, 3.8) is 0 Å². The van der Waals surface area contributed by atoms with Crippen LogP contribution in [-0.4, -0.2) is 58.6 Å². The van der Waals surface area contributed by atoms with Gasteiger partial charge in [0, 0.05) is 61.8 Å². The highest BCUT2D eigenvalue weighted by Gasteiger charge is 2.28. The monoisotopic (exact) mass is 669 g/mol. The molecule has 6 rings (SSSR count). The largest absolute Gasteiger partial charge is 0.445 e. The summed E-state index contributed by atoms with van der Waals surface area (Å²) >= 11 is 0. The van der Waals surface area contributed by atoms with Gasteiger partial charge in [0.25, 0.3) is 0 Å². The van der Waals surface area contributed by atoms with Crippen LogP contribution in [0.3, 0.4) is 0 Å². The summed E-state index contributed by atoms with van der Waals surface area (Å²) in [4.78, 5) is 28.5. The minimum absolute atomic E-state index is 0.0216. The highest BCUT2D eigenvalue weighted by Crippen LogP contribution is 2.37. The Balaban J connectivity index is 1.12. The first-order chi connectivity index (χ1) is 23.5. The number of anilines is 3. The van der Waals surface area contributed by atoms with E-state index >= 15 is 8.78 Å². The Hall–Kier alpha value is -5.64. The molecule has 3 heterocycles. The first-order valence-electron chi connectivity index (χ1n) is 16.1. The molecule has 1 saturated heterocycles. The SMILES string of the molecule is CC(C)(C)OC(=O)NCc1ccc(-c2nn3c(c2C#N)Nc2ccc(N4CCN(C(=O)OCc5ccccc5)CC4)cc2CC3)c(F)c1F. The summed E-state index contributed by atoms with van der Waals surface area (Å²) in [6, 6.07) is 20.4. The Morgan fingerprint density at radius 1 is 1.00 bits per heavy atom. The van der Waals surface area contributed by atoms with Crippen molar-refractivity contribution in [1.29, 1.82) is 5.26 Å². The number of halogens is 2. The quantitative estimate of drug-likeness (QED) is 0.239. The maximum Gasteiger partial charge on any atom is 0.410 e. The third kappa shape index (κ3) is 7.43. The van der Waals surface area contributed by atoms with E-state index in [1.165, 1.54) is 12.1 Å². The van der Waals surface area contributed by atoms with Crippen LogP contribution in [0.15, 0.2) is 60.7 Å². The second kappa shape index (κ2) is 13.8. The van der Waals surface area contributed by atoms with Crippen LogP contribution in [-0.2, 0) is 35.6 Å². The summed E-state index contributed by atoms with van der Waals surface area (Å²) in [7, 11) is 0. The third-order valence-corrected chi connectivity index (χ3v) is 8.35. The van der Waals surface area contributed by atoms with Crippen LogP contribution in [0, 0.1) is 23.0 Å². The van der Waals surface area contributed by atoms with Gasteiger partial charge in [-0.25, -0.2) is 23.1 Å². The summed E-state index contributed by atoms with van der Waals surface area (Å²) in [5, 5.41) is 20.4. The van der Waals surface area contributed by atoms with Crippen molar-refractivity contribution in [3.05, 3.63) is 94.6 Å². The molecule has 0 aliphatic carbocycles. The van der Waals surface area contributed by atoms with E-state index in [2.05, 4.69) is 32.8 Å². The molecule has 0 atom stereocenters. The van der Waals surface area contributed by atoms with Crippen LogP contribution in [0.5, 0.6) is 0 Å². The number of aromatic nitrogens is 2. The third-order valence-electron chi connectivity index (χ3n) is 8.35. The zero-order valence-corrected chi connectivity index (χ0v) is 27.6. The predicted molar refractivity (Wildman–Crippen MR) is 179 cm³/mol. The number of rotatable bonds is 6. The fraction of sp³-hybridized carbons (Fsp3) is 0.333. The second-order valence-electron chi connectivity index (χ2n) is 12.9. The fourth-order valence-electron chi connectivity index (χ4n) is 5.85. The van der Waals surface area contributed by atoms with E-state index in [-0.39, 0.29) is 41.6 Å². The number of carbonyl (C=O) groups is 2. The molecule has 1 fully saturated rings. The van der Waals surface area contributed by atoms with E-state index < -0.39 is 23.3 Å². The first kappa shape index (κ1) is 33.3. The van der Waals surface area contributed by atoms with Gasteiger partial charge in [0.05, 0.1) is 0 Å². The molecule has 2 aliphatic rings. The molecule has 0 radical (unpaired) electrons. The van der Waals surface area contributed by atoms with E-state index in [0.29, 0.717) is 45.0 Å². The molecule has 0 saturated carbocycles. The number of ether oxygens (including phenoxy) is 2. The normalized spacial score (nSPS) is 14.1. The lowest BCUT2D eigenvalue weighted by Crippen LogP contribution is -2.49. The molecule has 49 heavy (non-hydrogen) atoms. The molecule has 2 N–H and O–H groups in total. The second-order valence-corrected chi connectivity index (χ2v) is 12.9. The van der Waals surface area contributed by atoms with Crippen molar-refractivity contribution < 1.29 is 27.8 Å². The zero-order chi connectivity index (χ0) is 34.7. The summed E-state index contributed by atoms with van der Waals surface area (Å²) in [5.74, 6) is -1.92. The molecule has 0 bridgehead atoms. The minimum Gasteiger partial charge on any atom is -0.445 e. The van der Waals surface area contributed by atoms with Gasteiger partial charge in [-0.3, -0.25) is 0 Å². The number of hydrogen-bond acceptors (Lipinski definition) is 8. The van der Waals surface area contributed by atoms with Crippen molar-refractivity contribution in [1.82, 2.24) is 20.0 Å². The molecule has 2 amide bonds. The highest BCUT2D eigenvalue weighted by atomic mass is 19.2. The fourth-order valence-corrected chi connectivity index (χ4v) is 5.85. The van der Waals surface area contributed by atoms with Gasteiger partial charge >= 0.3 is 12.2 Å². The molecular weight excluding hydrogens is 632 g/mol. The standard InChI is InChI=1S/C36H37F2N7O4/c1-36(2,3)49-34(46)40-21-25-9-11-27(31(38)30(25)37)32-28(20-39)33-41-29-12-10-26(19-24(29)13-14-45(33)42-32)43-15-17-44(18-16-43)35(47)48-22-23-7-5-4-6-8-23/h4-12,19,41H,13-18,21-22H2,1-3H3,(H,40,46). The van der Waals surface area contributed by atoms with Crippen molar-refractivity contribution in [2.75, 3.05) is 36.4 Å². The summed E-state index contributed by atoms with van der Waals surface area (Å²) < 4.78 is 42.8. The van der Waals surface area contributed by atoms with Crippen LogP contribution in [0.4, 0.5) is 35.6 Å². The van der Waals surface area contributed by atoms with Gasteiger partial charge < -0.3 is 29.9 Å². The number of benzene rings is 3. The Morgan fingerprint density at radius 3 is 2.47 bits per heavy atom. The molecule has 1 aromatic heterocycles. The Bertz CT molecular complexity index is 1910. The number of hydrogen-bond donors (Lipinski definition) is 2. The average Bonchev–Trinajstić information content (AvgIpc) is 3.33. The van der Waals surface area contributed by atoms with Gasteiger partial charge in [0.2, 0.25) is 0 Å². The zero-order valence-electron chi connectivity index (χ0n) is 27.6. The Labute approximate surface area is 283 Å². The van der Waals surface area contributed by atoms with E-state index in [4.69, 9.17) is 9.47 Å². The van der Waals surface area contributed by atoms with Gasteiger partial charge in [0.1, 0.15) is 35.4 Å². The van der Waals surface area contributed by atoms with Gasteiger partial charge in [0.15, 0.2) is 11.6 Å². The highest BCUT2D eigenvalue weighted by molar-refractivity contribution is 5.79. The van der Waals surface area contributed by atoms with Gasteiger partial charge in [-0.1, -0.05) is 36.4 Å². The van der Waals surface area contributed by atoms with E-state index in [1.54, 1.807) is 30.4 Å². The predicted octanol–water partition coefficient (Wildman–Crippen LogP) is 6.48. The van der Waals surface area contributed by atoms with Crippen LogP contribution in [0.1, 0.15) is 43.0 Å². The average molecular weight is 670 g/mol. The molecule has 3 aromatic carbocycles. The number of aryl methyl sites for hydroxylation is 2. The number of nitrogens with zero attached hydrogens (tertiary/aromatic N) is 5. The van der Waals surface area contributed by atoms with Crippen molar-refractivity contribution in [2.45, 2.75) is 52.5 Å². The molecule has 0 spiro atoms. The summed E-state index contributed by atoms with van der Waals surface area (Å²) in [6.45, 7) is 7.81. The summed E-state index contributed by atoms with van der Waals surface area (Å²) in [5.41, 5.74) is 2.89. The van der Waals surface area contributed by atoms with E-state index in [9.17, 15) is 14.9 Å². The summed E-state index contributed by atoms with van der Waals surface area (Å²) in [6.07, 6.45) is -0.503. The van der Waals surface area contributed by atoms with Crippen molar-refractivity contribution in [2.24, 2.45) is 0 Å². The maximum atomic E-state index is 15.4. The van der Waals surface area contributed by atoms with E-state index in [1.807, 2.05) is 42.5 Å². The number of nitriles is 1. The molecule has 13 heteroatoms. The Morgan fingerprint density at radius 2 is 1.76 bits per heavy atom. The molecular formula is C36H37F2N7O4. The van der Waals surface area contributed by atoms with Crippen LogP contribution < -0.4 is 15.5 Å². The lowest BCUT2D eigenvalue weighted by Gasteiger charge is -2.35. The number of fused-ring (bicyclic) bond motifs is 2. The number of amides is 2. The number of carbonyl (C=O) groups excluding carboxylic acids is 2. The van der Waals surface area contributed by atoms with Crippen LogP contribution >= 0.6 is 0 Å². The Kier molecular flexibility index (Phi) is 9.40. The number of nitrogens with one attached hydrogen (secondary N) is 2. The van der Waals surface area contributed by atoms with Gasteiger partial charge in [-0.15, -0.1) is 0 Å². The molecule has 4 aromatic rings. The van der Waals surface area contributed by atoms with Crippen molar-refractivity contribution in [3.8, 4) is 17.3 Å². The van der Waals surface area contributed by atoms with Crippen molar-refractivity contribution >= 4 is 29.4 Å². The van der Waals surface area contributed by atoms with Gasteiger partial charge in [-0.05, 0) is 62.6 Å². The topological polar surface area (TPSA) is 125 Å². The molecule has 254 valence electrons. The minimum atomic E-state index is -1.16. The first-order valence-corrected chi connectivity index (χ1v) is 16.1. The molecule has 0 unspecified atom stereocenters. The number of alkyl carbamates (subject to hydrolysis) is 1. The van der Waals surface area contributed by atoms with Crippen LogP contribution in [0.2, 0.25) is 0 Å². The van der Waals surface area contributed by atoms with Crippen LogP contribution in [0.25, 0.3) is 11.3 Å². The molecule has 11 nitrogen and oxygen atoms in total. The lowest BCUT2D eigenvalue weighted by atomic mass is 10.0. The lowest BCUT2D eigenvalue weighted by molar-refractivity contribution is 0.0523. The number of piperazine rings is 1. The molecule has 2 aliphatic heterocycles. The maximum absolute atomic E-state index is 15.4. The van der Waals surface area contributed by atoms with Gasteiger partial charge in [-0.2, -0.15) is 10.4 Å².